The average molecular weight is 285 g/mol. The Hall–Kier alpha value is -2.19. The van der Waals surface area contributed by atoms with Crippen LogP contribution in [0.5, 0.6) is 5.75 Å². The standard InChI is InChI=1S/C15H15N3OS/c1-4-9-18-14(16-17-15(18)20-10-5-2)12-7-6-8-13(11-12)19-3/h2,4,6-8,11H,1,9-10H2,3H3. The van der Waals surface area contributed by atoms with Crippen molar-refractivity contribution in [1.29, 1.82) is 0 Å². The van der Waals surface area contributed by atoms with E-state index in [4.69, 9.17) is 11.2 Å². The normalized spacial score (nSPS) is 10.0. The molecule has 0 amide bonds. The van der Waals surface area contributed by atoms with Crippen LogP contribution in [0, 0.1) is 12.3 Å². The third-order valence-electron chi connectivity index (χ3n) is 2.64. The summed E-state index contributed by atoms with van der Waals surface area (Å²) in [5, 5.41) is 9.24. The van der Waals surface area contributed by atoms with Gasteiger partial charge in [0.1, 0.15) is 5.75 Å². The van der Waals surface area contributed by atoms with Gasteiger partial charge >= 0.3 is 0 Å². The van der Waals surface area contributed by atoms with E-state index in [2.05, 4.69) is 22.7 Å². The topological polar surface area (TPSA) is 39.9 Å². The summed E-state index contributed by atoms with van der Waals surface area (Å²) in [6, 6.07) is 7.72. The maximum Gasteiger partial charge on any atom is 0.192 e. The van der Waals surface area contributed by atoms with Crippen molar-refractivity contribution in [1.82, 2.24) is 14.8 Å². The quantitative estimate of drug-likeness (QED) is 0.465. The van der Waals surface area contributed by atoms with E-state index >= 15 is 0 Å². The predicted molar refractivity (Wildman–Crippen MR) is 81.8 cm³/mol. The van der Waals surface area contributed by atoms with E-state index < -0.39 is 0 Å². The molecule has 0 atom stereocenters. The van der Waals surface area contributed by atoms with E-state index in [1.165, 1.54) is 11.8 Å². The highest BCUT2D eigenvalue weighted by Gasteiger charge is 2.13. The molecule has 1 aromatic carbocycles. The van der Waals surface area contributed by atoms with Crippen molar-refractivity contribution >= 4 is 11.8 Å². The zero-order valence-electron chi connectivity index (χ0n) is 11.2. The molecule has 0 aliphatic rings. The molecule has 2 rings (SSSR count). The molecule has 102 valence electrons. The van der Waals surface area contributed by atoms with Crippen molar-refractivity contribution in [3.63, 3.8) is 0 Å². The van der Waals surface area contributed by atoms with Gasteiger partial charge in [-0.2, -0.15) is 0 Å². The van der Waals surface area contributed by atoms with Crippen LogP contribution in [-0.2, 0) is 6.54 Å². The third kappa shape index (κ3) is 3.03. The molecule has 2 aromatic rings. The van der Waals surface area contributed by atoms with Crippen molar-refractivity contribution in [2.75, 3.05) is 12.9 Å². The molecule has 4 nitrogen and oxygen atoms in total. The van der Waals surface area contributed by atoms with Crippen LogP contribution in [0.4, 0.5) is 0 Å². The van der Waals surface area contributed by atoms with Crippen LogP contribution in [-0.4, -0.2) is 27.6 Å². The maximum absolute atomic E-state index is 5.29. The number of hydrogen-bond acceptors (Lipinski definition) is 4. The van der Waals surface area contributed by atoms with E-state index in [-0.39, 0.29) is 0 Å². The molecule has 0 unspecified atom stereocenters. The van der Waals surface area contributed by atoms with Crippen molar-refractivity contribution in [3.8, 4) is 29.5 Å². The zero-order valence-corrected chi connectivity index (χ0v) is 12.1. The van der Waals surface area contributed by atoms with E-state index in [0.717, 1.165) is 22.3 Å². The van der Waals surface area contributed by atoms with Crippen LogP contribution in [0.15, 0.2) is 42.1 Å². The van der Waals surface area contributed by atoms with Gasteiger partial charge in [-0.05, 0) is 12.1 Å². The van der Waals surface area contributed by atoms with Crippen LogP contribution in [0.25, 0.3) is 11.4 Å². The van der Waals surface area contributed by atoms with Gasteiger partial charge < -0.3 is 4.74 Å². The second-order valence-corrected chi connectivity index (χ2v) is 4.87. The molecular formula is C15H15N3OS. The largest absolute Gasteiger partial charge is 0.497 e. The fourth-order valence-corrected chi connectivity index (χ4v) is 2.40. The SMILES string of the molecule is C#CCSc1nnc(-c2cccc(OC)c2)n1CC=C. The molecular weight excluding hydrogens is 270 g/mol. The molecule has 0 aliphatic carbocycles. The number of thioether (sulfide) groups is 1. The van der Waals surface area contributed by atoms with Gasteiger partial charge in [-0.3, -0.25) is 4.57 Å². The summed E-state index contributed by atoms with van der Waals surface area (Å²) in [4.78, 5) is 0. The smallest absolute Gasteiger partial charge is 0.192 e. The second kappa shape index (κ2) is 6.83. The number of allylic oxidation sites excluding steroid dienone is 1. The van der Waals surface area contributed by atoms with Gasteiger partial charge in [0, 0.05) is 12.1 Å². The second-order valence-electron chi connectivity index (χ2n) is 3.93. The summed E-state index contributed by atoms with van der Waals surface area (Å²) < 4.78 is 7.23. The molecule has 0 N–H and O–H groups in total. The predicted octanol–water partition coefficient (Wildman–Crippen LogP) is 2.87. The first-order valence-electron chi connectivity index (χ1n) is 6.05. The summed E-state index contributed by atoms with van der Waals surface area (Å²) in [5.74, 6) is 4.72. The molecule has 0 bridgehead atoms. The molecule has 1 aromatic heterocycles. The van der Waals surface area contributed by atoms with Crippen molar-refractivity contribution in [3.05, 3.63) is 36.9 Å². The van der Waals surface area contributed by atoms with E-state index in [1.54, 1.807) is 7.11 Å². The first-order valence-corrected chi connectivity index (χ1v) is 7.03. The van der Waals surface area contributed by atoms with Crippen LogP contribution in [0.3, 0.4) is 0 Å². The fourth-order valence-electron chi connectivity index (χ4n) is 1.77. The first kappa shape index (κ1) is 14.2. The highest BCUT2D eigenvalue weighted by molar-refractivity contribution is 7.99. The molecule has 0 radical (unpaired) electrons. The lowest BCUT2D eigenvalue weighted by Gasteiger charge is -2.08. The lowest BCUT2D eigenvalue weighted by atomic mass is 10.2. The third-order valence-corrected chi connectivity index (χ3v) is 3.51. The minimum absolute atomic E-state index is 0.563. The zero-order chi connectivity index (χ0) is 14.4. The average Bonchev–Trinajstić information content (AvgIpc) is 2.88. The molecule has 0 fully saturated rings. The Morgan fingerprint density at radius 2 is 2.35 bits per heavy atom. The molecule has 0 spiro atoms. The Balaban J connectivity index is 2.42. The molecule has 1 heterocycles. The van der Waals surface area contributed by atoms with Gasteiger partial charge in [-0.15, -0.1) is 23.2 Å². The summed E-state index contributed by atoms with van der Waals surface area (Å²) >= 11 is 1.49. The highest BCUT2D eigenvalue weighted by Crippen LogP contribution is 2.26. The van der Waals surface area contributed by atoms with Crippen LogP contribution >= 0.6 is 11.8 Å². The summed E-state index contributed by atoms with van der Waals surface area (Å²) in [7, 11) is 1.64. The van der Waals surface area contributed by atoms with E-state index in [1.807, 2.05) is 34.9 Å². The minimum Gasteiger partial charge on any atom is -0.497 e. The number of nitrogens with zero attached hydrogens (tertiary/aromatic N) is 3. The van der Waals surface area contributed by atoms with Gasteiger partial charge in [-0.25, -0.2) is 0 Å². The molecule has 5 heteroatoms. The van der Waals surface area contributed by atoms with Crippen molar-refractivity contribution in [2.45, 2.75) is 11.7 Å². The molecule has 0 saturated carbocycles. The number of terminal acetylenes is 1. The molecule has 0 aliphatic heterocycles. The number of hydrogen-bond donors (Lipinski definition) is 0. The lowest BCUT2D eigenvalue weighted by Crippen LogP contribution is -2.00. The fraction of sp³-hybridized carbons (Fsp3) is 0.200. The highest BCUT2D eigenvalue weighted by atomic mass is 32.2. The van der Waals surface area contributed by atoms with Crippen molar-refractivity contribution < 1.29 is 4.74 Å². The van der Waals surface area contributed by atoms with Gasteiger partial charge in [0.05, 0.1) is 12.9 Å². The minimum atomic E-state index is 0.563. The van der Waals surface area contributed by atoms with E-state index in [0.29, 0.717) is 12.3 Å². The Morgan fingerprint density at radius 1 is 1.50 bits per heavy atom. The number of benzene rings is 1. The van der Waals surface area contributed by atoms with Crippen molar-refractivity contribution in [2.24, 2.45) is 0 Å². The summed E-state index contributed by atoms with van der Waals surface area (Å²) in [6.07, 6.45) is 7.10. The Morgan fingerprint density at radius 3 is 3.05 bits per heavy atom. The number of ether oxygens (including phenoxy) is 1. The number of aromatic nitrogens is 3. The van der Waals surface area contributed by atoms with Crippen LogP contribution in [0.2, 0.25) is 0 Å². The molecule has 0 saturated heterocycles. The Labute approximate surface area is 122 Å². The Kier molecular flexibility index (Phi) is 4.85. The van der Waals surface area contributed by atoms with Crippen LogP contribution in [0.1, 0.15) is 0 Å². The van der Waals surface area contributed by atoms with Gasteiger partial charge in [-0.1, -0.05) is 35.9 Å². The van der Waals surface area contributed by atoms with Crippen LogP contribution < -0.4 is 4.74 Å². The number of rotatable bonds is 6. The summed E-state index contributed by atoms with van der Waals surface area (Å²) in [5.41, 5.74) is 0.950. The van der Waals surface area contributed by atoms with E-state index in [9.17, 15) is 0 Å². The van der Waals surface area contributed by atoms with Gasteiger partial charge in [0.25, 0.3) is 0 Å². The monoisotopic (exact) mass is 285 g/mol. The summed E-state index contributed by atoms with van der Waals surface area (Å²) in [6.45, 7) is 4.41. The Bertz CT molecular complexity index is 643. The first-order chi connectivity index (χ1) is 9.80. The molecule has 20 heavy (non-hydrogen) atoms. The number of methoxy groups -OCH3 is 1. The van der Waals surface area contributed by atoms with Gasteiger partial charge in [0.15, 0.2) is 11.0 Å². The van der Waals surface area contributed by atoms with Gasteiger partial charge in [0.2, 0.25) is 0 Å². The lowest BCUT2D eigenvalue weighted by molar-refractivity contribution is 0.415. The maximum atomic E-state index is 5.29.